The molecule has 0 saturated carbocycles. The Morgan fingerprint density at radius 3 is 1.48 bits per heavy atom. The molecule has 1 fully saturated rings. The number of aliphatic hydroxyl groups is 4. The van der Waals surface area contributed by atoms with Gasteiger partial charge in [-0.3, -0.25) is 4.79 Å². The highest BCUT2D eigenvalue weighted by molar-refractivity contribution is 5.69. The molecule has 0 spiro atoms. The van der Waals surface area contributed by atoms with Gasteiger partial charge in [0.15, 0.2) is 6.29 Å². The molecule has 0 aliphatic carbocycles. The first-order valence-electron chi connectivity index (χ1n) is 20.1. The molecule has 0 aromatic carbocycles. The van der Waals surface area contributed by atoms with E-state index in [0.717, 1.165) is 32.1 Å². The van der Waals surface area contributed by atoms with E-state index in [1.807, 2.05) is 0 Å². The number of esters is 1. The van der Waals surface area contributed by atoms with Gasteiger partial charge in [0.05, 0.1) is 19.8 Å². The second-order valence-electron chi connectivity index (χ2n) is 14.1. The fraction of sp³-hybridized carbons (Fsp3) is 0.974. The van der Waals surface area contributed by atoms with Crippen molar-refractivity contribution in [2.45, 2.75) is 218 Å². The van der Waals surface area contributed by atoms with Crippen molar-refractivity contribution in [3.05, 3.63) is 0 Å². The summed E-state index contributed by atoms with van der Waals surface area (Å²) in [6.07, 6.45) is 24.5. The number of carbonyl (C=O) groups is 1. The van der Waals surface area contributed by atoms with E-state index in [2.05, 4.69) is 13.8 Å². The van der Waals surface area contributed by atoms with Crippen molar-refractivity contribution < 1.29 is 44.2 Å². The molecule has 48 heavy (non-hydrogen) atoms. The number of aliphatic hydroxyl groups excluding tert-OH is 4. The lowest BCUT2D eigenvalue weighted by Gasteiger charge is -2.39. The molecule has 1 rings (SSSR count). The standard InChI is InChI=1S/C39H76O9/c1-3-5-7-9-11-12-13-14-15-16-17-18-19-20-21-22-23-25-27-29-45-31-33(47-35(41)28-26-24-10-8-6-4-2)32-46-39-38(44)37(43)36(42)34(30-40)48-39/h33-34,36-40,42-44H,3-32H2,1-2H3. The van der Waals surface area contributed by atoms with E-state index in [1.54, 1.807) is 0 Å². The highest BCUT2D eigenvalue weighted by atomic mass is 16.7. The van der Waals surface area contributed by atoms with Crippen LogP contribution in [0.2, 0.25) is 0 Å². The lowest BCUT2D eigenvalue weighted by molar-refractivity contribution is -0.305. The maximum atomic E-state index is 12.5. The number of ether oxygens (including phenoxy) is 4. The third-order valence-corrected chi connectivity index (χ3v) is 9.52. The van der Waals surface area contributed by atoms with Crippen LogP contribution >= 0.6 is 0 Å². The average Bonchev–Trinajstić information content (AvgIpc) is 3.08. The summed E-state index contributed by atoms with van der Waals surface area (Å²) in [4.78, 5) is 12.5. The molecule has 0 aromatic rings. The van der Waals surface area contributed by atoms with Crippen molar-refractivity contribution in [1.29, 1.82) is 0 Å². The highest BCUT2D eigenvalue weighted by Crippen LogP contribution is 2.22. The first-order chi connectivity index (χ1) is 23.4. The Morgan fingerprint density at radius 2 is 1.02 bits per heavy atom. The van der Waals surface area contributed by atoms with Gasteiger partial charge < -0.3 is 39.4 Å². The molecule has 6 unspecified atom stereocenters. The third-order valence-electron chi connectivity index (χ3n) is 9.52. The van der Waals surface area contributed by atoms with Crippen LogP contribution in [0.4, 0.5) is 0 Å². The molecule has 1 heterocycles. The van der Waals surface area contributed by atoms with E-state index in [0.29, 0.717) is 13.0 Å². The normalized spacial score (nSPS) is 21.8. The first kappa shape index (κ1) is 45.2. The van der Waals surface area contributed by atoms with Crippen molar-refractivity contribution in [3.8, 4) is 0 Å². The van der Waals surface area contributed by atoms with Crippen LogP contribution in [0.3, 0.4) is 0 Å². The zero-order valence-electron chi connectivity index (χ0n) is 31.0. The second kappa shape index (κ2) is 32.1. The summed E-state index contributed by atoms with van der Waals surface area (Å²) < 4.78 is 22.6. The second-order valence-corrected chi connectivity index (χ2v) is 14.1. The largest absolute Gasteiger partial charge is 0.457 e. The Kier molecular flexibility index (Phi) is 30.3. The van der Waals surface area contributed by atoms with E-state index in [1.165, 1.54) is 128 Å². The van der Waals surface area contributed by atoms with Gasteiger partial charge >= 0.3 is 5.97 Å². The van der Waals surface area contributed by atoms with Crippen LogP contribution in [0.25, 0.3) is 0 Å². The molecule has 0 bridgehead atoms. The van der Waals surface area contributed by atoms with E-state index in [4.69, 9.17) is 18.9 Å². The van der Waals surface area contributed by atoms with Gasteiger partial charge in [-0.25, -0.2) is 0 Å². The Balaban J connectivity index is 2.18. The zero-order valence-corrected chi connectivity index (χ0v) is 31.0. The van der Waals surface area contributed by atoms with Crippen LogP contribution in [0.1, 0.15) is 181 Å². The van der Waals surface area contributed by atoms with Gasteiger partial charge in [0.2, 0.25) is 0 Å². The molecule has 0 radical (unpaired) electrons. The maximum Gasteiger partial charge on any atom is 0.306 e. The minimum atomic E-state index is -1.53. The van der Waals surface area contributed by atoms with Gasteiger partial charge in [-0.15, -0.1) is 0 Å². The van der Waals surface area contributed by atoms with E-state index in [-0.39, 0.29) is 19.2 Å². The number of hydrogen-bond donors (Lipinski definition) is 4. The molecule has 4 N–H and O–H groups in total. The predicted octanol–water partition coefficient (Wildman–Crippen LogP) is 7.91. The summed E-state index contributed by atoms with van der Waals surface area (Å²) in [5, 5.41) is 39.8. The summed E-state index contributed by atoms with van der Waals surface area (Å²) in [5.74, 6) is -0.319. The molecule has 9 nitrogen and oxygen atoms in total. The van der Waals surface area contributed by atoms with Gasteiger partial charge in [0.1, 0.15) is 30.5 Å². The summed E-state index contributed by atoms with van der Waals surface area (Å²) in [5.41, 5.74) is 0. The van der Waals surface area contributed by atoms with Crippen LogP contribution in [0.15, 0.2) is 0 Å². The van der Waals surface area contributed by atoms with Crippen LogP contribution in [0, 0.1) is 0 Å². The SMILES string of the molecule is CCCCCCCCCCCCCCCCCCCCCOCC(COC1OC(CO)C(O)C(O)C1O)OC(=O)CCCCCCCC. The van der Waals surface area contributed by atoms with Gasteiger partial charge in [-0.2, -0.15) is 0 Å². The monoisotopic (exact) mass is 689 g/mol. The van der Waals surface area contributed by atoms with Gasteiger partial charge in [-0.1, -0.05) is 162 Å². The van der Waals surface area contributed by atoms with Gasteiger partial charge in [0, 0.05) is 13.0 Å². The first-order valence-corrected chi connectivity index (χ1v) is 20.1. The molecular formula is C39H76O9. The molecule has 6 atom stereocenters. The predicted molar refractivity (Wildman–Crippen MR) is 192 cm³/mol. The smallest absolute Gasteiger partial charge is 0.306 e. The Hall–Kier alpha value is -0.810. The molecule has 0 amide bonds. The van der Waals surface area contributed by atoms with Crippen molar-refractivity contribution in [3.63, 3.8) is 0 Å². The summed E-state index contributed by atoms with van der Waals surface area (Å²) >= 11 is 0. The van der Waals surface area contributed by atoms with Crippen molar-refractivity contribution in [2.75, 3.05) is 26.4 Å². The number of rotatable bonds is 34. The third kappa shape index (κ3) is 23.6. The quantitative estimate of drug-likeness (QED) is 0.0393. The molecule has 286 valence electrons. The van der Waals surface area contributed by atoms with Crippen LogP contribution in [-0.2, 0) is 23.7 Å². The summed E-state index contributed by atoms with van der Waals surface area (Å²) in [6.45, 7) is 4.52. The lowest BCUT2D eigenvalue weighted by Crippen LogP contribution is -2.59. The number of unbranched alkanes of at least 4 members (excludes halogenated alkanes) is 23. The van der Waals surface area contributed by atoms with Crippen LogP contribution < -0.4 is 0 Å². The van der Waals surface area contributed by atoms with E-state index >= 15 is 0 Å². The highest BCUT2D eigenvalue weighted by Gasteiger charge is 2.44. The van der Waals surface area contributed by atoms with Gasteiger partial charge in [-0.05, 0) is 12.8 Å². The average molecular weight is 689 g/mol. The van der Waals surface area contributed by atoms with Crippen molar-refractivity contribution in [2.24, 2.45) is 0 Å². The van der Waals surface area contributed by atoms with Crippen LogP contribution in [-0.4, -0.2) is 89.6 Å². The maximum absolute atomic E-state index is 12.5. The lowest BCUT2D eigenvalue weighted by atomic mass is 9.99. The molecule has 1 aliphatic rings. The number of carbonyl (C=O) groups excluding carboxylic acids is 1. The zero-order chi connectivity index (χ0) is 35.1. The van der Waals surface area contributed by atoms with Crippen molar-refractivity contribution in [1.82, 2.24) is 0 Å². The van der Waals surface area contributed by atoms with Crippen molar-refractivity contribution >= 4 is 5.97 Å². The minimum absolute atomic E-state index is 0.107. The number of hydrogen-bond acceptors (Lipinski definition) is 9. The molecule has 1 aliphatic heterocycles. The molecule has 9 heteroatoms. The Labute approximate surface area is 293 Å². The molecule has 0 aromatic heterocycles. The van der Waals surface area contributed by atoms with Gasteiger partial charge in [0.25, 0.3) is 0 Å². The summed E-state index contributed by atoms with van der Waals surface area (Å²) in [6, 6.07) is 0. The van der Waals surface area contributed by atoms with E-state index in [9.17, 15) is 25.2 Å². The summed E-state index contributed by atoms with van der Waals surface area (Å²) in [7, 11) is 0. The molecule has 1 saturated heterocycles. The topological polar surface area (TPSA) is 135 Å². The van der Waals surface area contributed by atoms with E-state index < -0.39 is 43.4 Å². The Morgan fingerprint density at radius 1 is 0.583 bits per heavy atom. The minimum Gasteiger partial charge on any atom is -0.457 e. The Bertz CT molecular complexity index is 707. The fourth-order valence-electron chi connectivity index (χ4n) is 6.32. The van der Waals surface area contributed by atoms with Crippen LogP contribution in [0.5, 0.6) is 0 Å². The fourth-order valence-corrected chi connectivity index (χ4v) is 6.32. The molecular weight excluding hydrogens is 612 g/mol.